The highest BCUT2D eigenvalue weighted by atomic mass is 19.4. The summed E-state index contributed by atoms with van der Waals surface area (Å²) in [5, 5.41) is 19.9. The Morgan fingerprint density at radius 2 is 1.83 bits per heavy atom. The summed E-state index contributed by atoms with van der Waals surface area (Å²) in [7, 11) is 0. The third-order valence-corrected chi connectivity index (χ3v) is 10.1. The van der Waals surface area contributed by atoms with Crippen molar-refractivity contribution in [1.82, 2.24) is 0 Å². The second kappa shape index (κ2) is 7.50. The van der Waals surface area contributed by atoms with Gasteiger partial charge in [-0.1, -0.05) is 31.9 Å². The van der Waals surface area contributed by atoms with E-state index in [-0.39, 0.29) is 24.4 Å². The molecule has 4 aliphatic carbocycles. The van der Waals surface area contributed by atoms with E-state index in [0.29, 0.717) is 35.5 Å². The fourth-order valence-corrected chi connectivity index (χ4v) is 8.13. The maximum Gasteiger partial charge on any atom is 0.417 e. The summed E-state index contributed by atoms with van der Waals surface area (Å²) in [6.07, 6.45) is 6.12. The van der Waals surface area contributed by atoms with Crippen LogP contribution in [0.3, 0.4) is 0 Å². The molecule has 4 rings (SSSR count). The number of fused-ring (bicyclic) bond motifs is 5. The zero-order chi connectivity index (χ0) is 21.9. The van der Waals surface area contributed by atoms with Gasteiger partial charge in [-0.05, 0) is 99.2 Å². The molecule has 8 atom stereocenters. The van der Waals surface area contributed by atoms with E-state index in [9.17, 15) is 23.4 Å². The first kappa shape index (κ1) is 22.6. The second-order valence-corrected chi connectivity index (χ2v) is 11.6. The van der Waals surface area contributed by atoms with Gasteiger partial charge in [0.2, 0.25) is 0 Å². The Kier molecular flexibility index (Phi) is 5.66. The van der Waals surface area contributed by atoms with Gasteiger partial charge < -0.3 is 10.2 Å². The van der Waals surface area contributed by atoms with E-state index < -0.39 is 11.8 Å². The molecule has 0 aromatic heterocycles. The van der Waals surface area contributed by atoms with E-state index in [2.05, 4.69) is 19.9 Å². The van der Waals surface area contributed by atoms with Crippen molar-refractivity contribution < 1.29 is 23.4 Å². The van der Waals surface area contributed by atoms with Crippen LogP contribution < -0.4 is 0 Å². The molecule has 4 aliphatic rings. The lowest BCUT2D eigenvalue weighted by Gasteiger charge is -2.59. The fraction of sp³-hybridized carbons (Fsp3) is 0.920. The molecule has 5 heteroatoms. The molecule has 3 fully saturated rings. The number of rotatable bonds is 4. The zero-order valence-corrected chi connectivity index (χ0v) is 18.8. The Hall–Kier alpha value is -0.550. The van der Waals surface area contributed by atoms with Crippen molar-refractivity contribution >= 4 is 0 Å². The summed E-state index contributed by atoms with van der Waals surface area (Å²) in [5.41, 5.74) is -1.53. The number of aliphatic hydroxyl groups is 2. The molecule has 0 aromatic rings. The molecule has 0 spiro atoms. The van der Waals surface area contributed by atoms with Crippen molar-refractivity contribution in [3.05, 3.63) is 11.6 Å². The van der Waals surface area contributed by atoms with Crippen molar-refractivity contribution in [2.45, 2.75) is 109 Å². The molecular formula is C25H39F3O2. The largest absolute Gasteiger partial charge is 0.417 e. The Morgan fingerprint density at radius 1 is 1.10 bits per heavy atom. The first-order valence-electron chi connectivity index (χ1n) is 12.1. The maximum absolute atomic E-state index is 13.5. The molecule has 3 saturated carbocycles. The molecule has 0 amide bonds. The summed E-state index contributed by atoms with van der Waals surface area (Å²) in [5.74, 6) is 2.38. The predicted molar refractivity (Wildman–Crippen MR) is 112 cm³/mol. The van der Waals surface area contributed by atoms with Gasteiger partial charge in [-0.25, -0.2) is 0 Å². The van der Waals surface area contributed by atoms with E-state index in [4.69, 9.17) is 0 Å². The first-order chi connectivity index (χ1) is 13.9. The minimum Gasteiger partial charge on any atom is -0.393 e. The van der Waals surface area contributed by atoms with Crippen molar-refractivity contribution in [3.63, 3.8) is 0 Å². The Balaban J connectivity index is 1.52. The van der Waals surface area contributed by atoms with Crippen LogP contribution in [0, 0.1) is 34.5 Å². The van der Waals surface area contributed by atoms with Crippen LogP contribution in [-0.4, -0.2) is 28.1 Å². The van der Waals surface area contributed by atoms with Crippen LogP contribution in [-0.2, 0) is 0 Å². The first-order valence-corrected chi connectivity index (χ1v) is 12.1. The van der Waals surface area contributed by atoms with Crippen molar-refractivity contribution in [2.24, 2.45) is 34.5 Å². The van der Waals surface area contributed by atoms with E-state index in [0.717, 1.165) is 31.3 Å². The zero-order valence-electron chi connectivity index (χ0n) is 18.8. The summed E-state index contributed by atoms with van der Waals surface area (Å²) in [6, 6.07) is 0. The molecule has 2 nitrogen and oxygen atoms in total. The van der Waals surface area contributed by atoms with Crippen LogP contribution in [0.15, 0.2) is 11.6 Å². The molecule has 2 N–H and O–H groups in total. The van der Waals surface area contributed by atoms with Gasteiger partial charge in [0, 0.05) is 6.42 Å². The van der Waals surface area contributed by atoms with Gasteiger partial charge in [0.25, 0.3) is 0 Å². The highest BCUT2D eigenvalue weighted by Crippen LogP contribution is 2.67. The normalized spacial score (nSPS) is 47.1. The average molecular weight is 429 g/mol. The molecule has 172 valence electrons. The van der Waals surface area contributed by atoms with Gasteiger partial charge in [-0.15, -0.1) is 0 Å². The fourth-order valence-electron chi connectivity index (χ4n) is 8.13. The van der Waals surface area contributed by atoms with E-state index in [1.165, 1.54) is 25.7 Å². The summed E-state index contributed by atoms with van der Waals surface area (Å²) in [4.78, 5) is 0. The monoisotopic (exact) mass is 428 g/mol. The molecular weight excluding hydrogens is 389 g/mol. The second-order valence-electron chi connectivity index (χ2n) is 11.6. The minimum atomic E-state index is -4.55. The quantitative estimate of drug-likeness (QED) is 0.508. The molecule has 0 aliphatic heterocycles. The number of aliphatic hydroxyl groups excluding tert-OH is 1. The van der Waals surface area contributed by atoms with Gasteiger partial charge >= 0.3 is 6.18 Å². The lowest BCUT2D eigenvalue weighted by atomic mass is 9.46. The standard InChI is InChI=1S/C25H39F3O2/c1-16(29)5-4-6-17-8-10-20-19-9-7-18-15-24(30,25(26,27)28)14-13-23(18,3)21(19)11-12-22(17,20)2/h7,16-17,19-21,29-30H,4-6,8-15H2,1-3H3/t16-,17-,19-,20-,21-,22+,23-,24-/m0/s1. The highest BCUT2D eigenvalue weighted by molar-refractivity contribution is 5.27. The molecule has 0 radical (unpaired) electrons. The predicted octanol–water partition coefficient (Wildman–Crippen LogP) is 6.41. The molecule has 0 saturated heterocycles. The summed E-state index contributed by atoms with van der Waals surface area (Å²) >= 11 is 0. The van der Waals surface area contributed by atoms with E-state index >= 15 is 0 Å². The third-order valence-electron chi connectivity index (χ3n) is 10.1. The van der Waals surface area contributed by atoms with Gasteiger partial charge in [0.1, 0.15) is 0 Å². The van der Waals surface area contributed by atoms with Gasteiger partial charge in [-0.2, -0.15) is 13.2 Å². The van der Waals surface area contributed by atoms with Crippen LogP contribution in [0.1, 0.15) is 91.4 Å². The number of alkyl halides is 3. The molecule has 0 unspecified atom stereocenters. The van der Waals surface area contributed by atoms with Crippen LogP contribution in [0.4, 0.5) is 13.2 Å². The van der Waals surface area contributed by atoms with Crippen molar-refractivity contribution in [3.8, 4) is 0 Å². The number of allylic oxidation sites excluding steroid dienone is 1. The molecule has 0 aromatic carbocycles. The van der Waals surface area contributed by atoms with Gasteiger partial charge in [-0.3, -0.25) is 0 Å². The third kappa shape index (κ3) is 3.46. The average Bonchev–Trinajstić information content (AvgIpc) is 2.98. The molecule has 30 heavy (non-hydrogen) atoms. The van der Waals surface area contributed by atoms with Gasteiger partial charge in [0.15, 0.2) is 5.60 Å². The smallest absolute Gasteiger partial charge is 0.393 e. The van der Waals surface area contributed by atoms with Crippen LogP contribution in [0.25, 0.3) is 0 Å². The highest BCUT2D eigenvalue weighted by Gasteiger charge is 2.63. The summed E-state index contributed by atoms with van der Waals surface area (Å²) in [6.45, 7) is 6.52. The Morgan fingerprint density at radius 3 is 2.50 bits per heavy atom. The van der Waals surface area contributed by atoms with Crippen molar-refractivity contribution in [2.75, 3.05) is 0 Å². The van der Waals surface area contributed by atoms with Gasteiger partial charge in [0.05, 0.1) is 6.10 Å². The van der Waals surface area contributed by atoms with Crippen LogP contribution >= 0.6 is 0 Å². The lowest BCUT2D eigenvalue weighted by Crippen LogP contribution is -2.55. The van der Waals surface area contributed by atoms with E-state index in [1.807, 2.05) is 6.92 Å². The van der Waals surface area contributed by atoms with Crippen LogP contribution in [0.5, 0.6) is 0 Å². The Labute approximate surface area is 179 Å². The topological polar surface area (TPSA) is 40.5 Å². The molecule has 0 heterocycles. The Bertz CT molecular complexity index is 686. The molecule has 0 bridgehead atoms. The SMILES string of the molecule is C[C@H](O)CCC[C@H]1CC[C@H]2[C@@H]3CC=C4C[C@](O)(C(F)(F)F)CC[C@]4(C)[C@H]3CC[C@]12C. The lowest BCUT2D eigenvalue weighted by molar-refractivity contribution is -0.271. The minimum absolute atomic E-state index is 0.169. The number of hydrogen-bond donors (Lipinski definition) is 2. The van der Waals surface area contributed by atoms with E-state index in [1.54, 1.807) is 0 Å². The summed E-state index contributed by atoms with van der Waals surface area (Å²) < 4.78 is 40.4. The number of halogens is 3. The number of hydrogen-bond acceptors (Lipinski definition) is 2. The van der Waals surface area contributed by atoms with Crippen LogP contribution in [0.2, 0.25) is 0 Å². The van der Waals surface area contributed by atoms with Crippen molar-refractivity contribution in [1.29, 1.82) is 0 Å². The maximum atomic E-state index is 13.5.